The minimum Gasteiger partial charge on any atom is -0.481 e. The number of alkyl halides is 1. The number of hydroxylamine groups is 1. The number of carboxylic acids is 1. The number of fused-ring (bicyclic) bond motifs is 4. The molecule has 9 rings (SSSR count). The Balaban J connectivity index is 0.000000196. The Morgan fingerprint density at radius 1 is 0.775 bits per heavy atom. The second kappa shape index (κ2) is 26.0. The van der Waals surface area contributed by atoms with Gasteiger partial charge in [-0.3, -0.25) is 19.4 Å². The highest BCUT2D eigenvalue weighted by Gasteiger charge is 2.23. The average Bonchev–Trinajstić information content (AvgIpc) is 4.06. The normalized spacial score (nSPS) is 14.4. The number of aryl methyl sites for hydroxylation is 2. The van der Waals surface area contributed by atoms with Crippen LogP contribution in [-0.2, 0) is 27.2 Å². The number of rotatable bonds is 19. The van der Waals surface area contributed by atoms with E-state index in [0.717, 1.165) is 99.8 Å². The number of imidazole rings is 2. The first-order valence-corrected chi connectivity index (χ1v) is 25.6. The SMILES string of the molecule is CC(C)I.CC[C@H](Nc1ncnc2c1ncn2C1CCCCO1)c1nc(CCCCC(=O)O)c2ccccc2n1.CC[C@H](Nc1ncnc2nc[nH]c12)c1nc(CCCCC(=O)NO)c2ccccc2n1. The number of H-pyrrole nitrogens is 1. The molecule has 6 aromatic heterocycles. The molecule has 20 nitrogen and oxygen atoms in total. The highest BCUT2D eigenvalue weighted by Crippen LogP contribution is 2.31. The van der Waals surface area contributed by atoms with Crippen LogP contribution in [0.5, 0.6) is 0 Å². The molecule has 0 saturated carbocycles. The predicted molar refractivity (Wildman–Crippen MR) is 280 cm³/mol. The van der Waals surface area contributed by atoms with Crippen LogP contribution < -0.4 is 16.1 Å². The van der Waals surface area contributed by atoms with Crippen molar-refractivity contribution in [3.05, 3.63) is 96.9 Å². The molecule has 2 aromatic carbocycles. The summed E-state index contributed by atoms with van der Waals surface area (Å²) in [5.41, 5.74) is 8.08. The molecule has 1 unspecified atom stereocenters. The first-order valence-electron chi connectivity index (χ1n) is 24.3. The predicted octanol–water partition coefficient (Wildman–Crippen LogP) is 9.74. The number of carbonyl (C=O) groups is 2. The Hall–Kier alpha value is -6.59. The lowest BCUT2D eigenvalue weighted by Crippen LogP contribution is -2.18. The molecule has 1 amide bonds. The average molecular weight is 1080 g/mol. The molecule has 0 radical (unpaired) electrons. The monoisotopic (exact) mass is 1080 g/mol. The van der Waals surface area contributed by atoms with Gasteiger partial charge in [0, 0.05) is 34.1 Å². The van der Waals surface area contributed by atoms with Crippen LogP contribution in [-0.4, -0.2) is 92.1 Å². The Morgan fingerprint density at radius 3 is 1.96 bits per heavy atom. The highest BCUT2D eigenvalue weighted by atomic mass is 127. The van der Waals surface area contributed by atoms with Crippen LogP contribution in [0.1, 0.15) is 140 Å². The Kier molecular flexibility index (Phi) is 19.2. The van der Waals surface area contributed by atoms with E-state index in [1.165, 1.54) is 6.33 Å². The first-order chi connectivity index (χ1) is 34.6. The number of ether oxygens (including phenoxy) is 1. The molecule has 6 N–H and O–H groups in total. The van der Waals surface area contributed by atoms with E-state index in [-0.39, 0.29) is 37.1 Å². The number of hydrogen-bond acceptors (Lipinski definition) is 16. The van der Waals surface area contributed by atoms with Crippen LogP contribution in [0.3, 0.4) is 0 Å². The molecule has 374 valence electrons. The summed E-state index contributed by atoms with van der Waals surface area (Å²) < 4.78 is 8.73. The third kappa shape index (κ3) is 14.1. The zero-order valence-corrected chi connectivity index (χ0v) is 42.7. The van der Waals surface area contributed by atoms with E-state index in [2.05, 4.69) is 95.8 Å². The van der Waals surface area contributed by atoms with Crippen LogP contribution in [0.2, 0.25) is 0 Å². The number of nitrogens with zero attached hydrogens (tertiary/aromatic N) is 11. The number of halogens is 1. The second-order valence-electron chi connectivity index (χ2n) is 17.3. The third-order valence-corrected chi connectivity index (χ3v) is 11.8. The summed E-state index contributed by atoms with van der Waals surface area (Å²) >= 11 is 2.34. The standard InChI is InChI=1S/C26H31N7O3.C21H24N8O2.C3H7I/c1-2-18(24-31-19-10-4-3-9-17(19)20(32-24)11-5-6-13-22(34)35)30-25-23-26(28-15-27-25)33(16-29-23)21-12-7-8-14-36-21;1-2-14(26-21-18-20(23-11-22-18)24-12-25-21)19-27-15-8-4-3-7-13(15)16(28-19)9-5-6-10-17(30)29-31;1-3(2)4/h3-4,9-10,15-16,18,21H,2,5-8,11-14H2,1H3,(H,34,35)(H,27,28,30);3-4,7-8,11-12,14,31H,2,5-6,9-10H2,1H3,(H,29,30)(H2,22,23,24,25,26);3H,1-2H3/t18-,21?;14-;/m00./s1. The van der Waals surface area contributed by atoms with Gasteiger partial charge in [0.1, 0.15) is 24.4 Å². The van der Waals surface area contributed by atoms with Crippen LogP contribution in [0, 0.1) is 0 Å². The fraction of sp³-hybridized carbons (Fsp3) is 0.440. The molecular formula is C50H62IN15O5. The highest BCUT2D eigenvalue weighted by molar-refractivity contribution is 14.1. The number of benzene rings is 2. The summed E-state index contributed by atoms with van der Waals surface area (Å²) in [6, 6.07) is 15.6. The number of unbranched alkanes of at least 4 members (excludes halogenated alkanes) is 2. The van der Waals surface area contributed by atoms with Gasteiger partial charge in [-0.1, -0.05) is 86.7 Å². The van der Waals surface area contributed by atoms with Crippen molar-refractivity contribution < 1.29 is 24.6 Å². The molecule has 1 aliphatic rings. The molecule has 3 atom stereocenters. The number of aromatic amines is 1. The number of para-hydroxylation sites is 2. The maximum absolute atomic E-state index is 11.3. The summed E-state index contributed by atoms with van der Waals surface area (Å²) in [5.74, 6) is 1.52. The van der Waals surface area contributed by atoms with Gasteiger partial charge < -0.3 is 25.5 Å². The Morgan fingerprint density at radius 2 is 1.37 bits per heavy atom. The number of amides is 1. The van der Waals surface area contributed by atoms with Crippen molar-refractivity contribution in [3.8, 4) is 0 Å². The van der Waals surface area contributed by atoms with E-state index in [9.17, 15) is 9.59 Å². The van der Waals surface area contributed by atoms with Crippen molar-refractivity contribution in [2.75, 3.05) is 17.2 Å². The lowest BCUT2D eigenvalue weighted by molar-refractivity contribution is -0.137. The molecule has 8 aromatic rings. The molecule has 71 heavy (non-hydrogen) atoms. The third-order valence-electron chi connectivity index (χ3n) is 11.8. The van der Waals surface area contributed by atoms with E-state index >= 15 is 0 Å². The summed E-state index contributed by atoms with van der Waals surface area (Å²) in [6.07, 6.45) is 15.6. The molecule has 1 aliphatic heterocycles. The molecule has 0 spiro atoms. The maximum Gasteiger partial charge on any atom is 0.303 e. The van der Waals surface area contributed by atoms with Crippen LogP contribution in [0.4, 0.5) is 11.6 Å². The fourth-order valence-electron chi connectivity index (χ4n) is 8.23. The second-order valence-corrected chi connectivity index (χ2v) is 19.8. The number of nitrogens with one attached hydrogen (secondary N) is 4. The van der Waals surface area contributed by atoms with Crippen molar-refractivity contribution >= 4 is 90.2 Å². The van der Waals surface area contributed by atoms with Crippen molar-refractivity contribution in [1.29, 1.82) is 0 Å². The Labute approximate surface area is 425 Å². The van der Waals surface area contributed by atoms with Crippen molar-refractivity contribution in [2.24, 2.45) is 0 Å². The molecule has 0 bridgehead atoms. The van der Waals surface area contributed by atoms with E-state index < -0.39 is 5.97 Å². The van der Waals surface area contributed by atoms with E-state index in [1.54, 1.807) is 24.5 Å². The van der Waals surface area contributed by atoms with Crippen molar-refractivity contribution in [3.63, 3.8) is 0 Å². The van der Waals surface area contributed by atoms with Gasteiger partial charge in [0.05, 0.1) is 47.2 Å². The molecule has 21 heteroatoms. The molecule has 1 saturated heterocycles. The zero-order valence-electron chi connectivity index (χ0n) is 40.6. The van der Waals surface area contributed by atoms with Crippen LogP contribution >= 0.6 is 22.6 Å². The summed E-state index contributed by atoms with van der Waals surface area (Å²) in [6.45, 7) is 9.20. The maximum atomic E-state index is 11.3. The number of aliphatic carboxylic acids is 1. The molecular weight excluding hydrogens is 1020 g/mol. The van der Waals surface area contributed by atoms with E-state index in [4.69, 9.17) is 35.0 Å². The number of carbonyl (C=O) groups excluding carboxylic acids is 1. The van der Waals surface area contributed by atoms with Gasteiger partial charge in [0.2, 0.25) is 5.91 Å². The minimum absolute atomic E-state index is 0.0546. The van der Waals surface area contributed by atoms with Crippen LogP contribution in [0.15, 0.2) is 73.8 Å². The quantitative estimate of drug-likeness (QED) is 0.0145. The van der Waals surface area contributed by atoms with Gasteiger partial charge in [-0.05, 0) is 82.8 Å². The summed E-state index contributed by atoms with van der Waals surface area (Å²) in [7, 11) is 0. The number of hydrogen-bond donors (Lipinski definition) is 6. The lowest BCUT2D eigenvalue weighted by Gasteiger charge is -2.23. The number of aromatic nitrogens is 12. The molecule has 1 fully saturated rings. The number of anilines is 2. The molecule has 7 heterocycles. The topological polar surface area (TPSA) is 270 Å². The summed E-state index contributed by atoms with van der Waals surface area (Å²) in [4.78, 5) is 71.0. The van der Waals surface area contributed by atoms with Crippen molar-refractivity contribution in [2.45, 2.75) is 133 Å². The smallest absolute Gasteiger partial charge is 0.303 e. The minimum atomic E-state index is -0.771. The van der Waals surface area contributed by atoms with E-state index in [0.29, 0.717) is 60.1 Å². The largest absolute Gasteiger partial charge is 0.481 e. The number of carboxylic acid groups (broad SMARTS) is 1. The van der Waals surface area contributed by atoms with Gasteiger partial charge >= 0.3 is 5.97 Å². The van der Waals surface area contributed by atoms with Gasteiger partial charge in [-0.2, -0.15) is 0 Å². The van der Waals surface area contributed by atoms with Crippen LogP contribution in [0.25, 0.3) is 44.1 Å². The fourth-order valence-corrected chi connectivity index (χ4v) is 8.23. The summed E-state index contributed by atoms with van der Waals surface area (Å²) in [5, 5.41) is 26.6. The van der Waals surface area contributed by atoms with Crippen molar-refractivity contribution in [1.82, 2.24) is 64.9 Å². The van der Waals surface area contributed by atoms with Gasteiger partial charge in [-0.25, -0.2) is 55.3 Å². The Bertz CT molecular complexity index is 3000. The van der Waals surface area contributed by atoms with Gasteiger partial charge in [0.25, 0.3) is 0 Å². The zero-order chi connectivity index (χ0) is 50.1. The lowest BCUT2D eigenvalue weighted by atomic mass is 10.1. The van der Waals surface area contributed by atoms with E-state index in [1.807, 2.05) is 53.1 Å². The van der Waals surface area contributed by atoms with Gasteiger partial charge in [-0.15, -0.1) is 0 Å². The first kappa shape index (κ1) is 52.2. The van der Waals surface area contributed by atoms with Gasteiger partial charge in [0.15, 0.2) is 40.1 Å². The molecule has 0 aliphatic carbocycles.